The molecule has 1 fully saturated rings. The van der Waals surface area contributed by atoms with Crippen molar-refractivity contribution >= 4 is 15.9 Å². The van der Waals surface area contributed by atoms with Gasteiger partial charge in [0.25, 0.3) is 0 Å². The molecule has 3 N–H and O–H groups in total. The summed E-state index contributed by atoms with van der Waals surface area (Å²) < 4.78 is 31.6. The van der Waals surface area contributed by atoms with E-state index in [1.807, 2.05) is 0 Å². The molecule has 7 nitrogen and oxygen atoms in total. The summed E-state index contributed by atoms with van der Waals surface area (Å²) >= 11 is 0. The summed E-state index contributed by atoms with van der Waals surface area (Å²) in [5.74, 6) is -0.0551. The normalized spacial score (nSPS) is 16.2. The van der Waals surface area contributed by atoms with Crippen LogP contribution in [0.1, 0.15) is 12.0 Å². The number of hydrogen-bond donors (Lipinski definition) is 2. The van der Waals surface area contributed by atoms with Crippen LogP contribution in [0.25, 0.3) is 0 Å². The van der Waals surface area contributed by atoms with Crippen molar-refractivity contribution in [2.24, 2.45) is 5.73 Å². The number of benzene rings is 1. The highest BCUT2D eigenvalue weighted by atomic mass is 32.2. The van der Waals surface area contributed by atoms with Gasteiger partial charge in [-0.25, -0.2) is 8.42 Å². The van der Waals surface area contributed by atoms with Gasteiger partial charge in [0.2, 0.25) is 15.9 Å². The highest BCUT2D eigenvalue weighted by Crippen LogP contribution is 2.18. The summed E-state index contributed by atoms with van der Waals surface area (Å²) in [6.45, 7) is 2.50. The number of aryl methyl sites for hydroxylation is 1. The second-order valence-electron chi connectivity index (χ2n) is 5.30. The number of nitrogens with two attached hydrogens (primary N) is 1. The Balaban J connectivity index is 1.94. The lowest BCUT2D eigenvalue weighted by Crippen LogP contribution is -2.40. The van der Waals surface area contributed by atoms with Gasteiger partial charge in [0, 0.05) is 32.6 Å². The predicted molar refractivity (Wildman–Crippen MR) is 86.4 cm³/mol. The van der Waals surface area contributed by atoms with E-state index >= 15 is 0 Å². The van der Waals surface area contributed by atoms with Crippen LogP contribution in [0.2, 0.25) is 0 Å². The van der Waals surface area contributed by atoms with Crippen LogP contribution in [0, 0.1) is 0 Å². The molecule has 0 aliphatic carbocycles. The molecule has 1 aliphatic rings. The Labute approximate surface area is 136 Å². The van der Waals surface area contributed by atoms with Crippen LogP contribution < -0.4 is 11.1 Å². The Morgan fingerprint density at radius 3 is 2.48 bits per heavy atom. The summed E-state index contributed by atoms with van der Waals surface area (Å²) in [4.78, 5) is 11.8. The Morgan fingerprint density at radius 2 is 1.87 bits per heavy atom. The Morgan fingerprint density at radius 1 is 1.22 bits per heavy atom. The zero-order valence-corrected chi connectivity index (χ0v) is 13.8. The fourth-order valence-corrected chi connectivity index (χ4v) is 3.73. The zero-order chi connectivity index (χ0) is 16.7. The predicted octanol–water partition coefficient (Wildman–Crippen LogP) is -0.285. The molecule has 1 aromatic rings. The van der Waals surface area contributed by atoms with Gasteiger partial charge < -0.3 is 15.8 Å². The van der Waals surface area contributed by atoms with E-state index in [4.69, 9.17) is 10.5 Å². The molecule has 0 unspecified atom stereocenters. The van der Waals surface area contributed by atoms with E-state index in [2.05, 4.69) is 5.32 Å². The van der Waals surface area contributed by atoms with E-state index in [9.17, 15) is 13.2 Å². The summed E-state index contributed by atoms with van der Waals surface area (Å²) in [5.41, 5.74) is 6.24. The molecule has 1 aliphatic heterocycles. The van der Waals surface area contributed by atoms with Crippen LogP contribution in [0.4, 0.5) is 0 Å². The van der Waals surface area contributed by atoms with Crippen molar-refractivity contribution in [2.75, 3.05) is 39.4 Å². The average Bonchev–Trinajstić information content (AvgIpc) is 2.59. The number of carbonyl (C=O) groups excluding carboxylic acids is 1. The van der Waals surface area contributed by atoms with E-state index in [1.165, 1.54) is 4.31 Å². The van der Waals surface area contributed by atoms with Gasteiger partial charge in [-0.1, -0.05) is 12.1 Å². The Kier molecular flexibility index (Phi) is 6.52. The Hall–Kier alpha value is -1.48. The minimum atomic E-state index is -3.46. The number of nitrogens with zero attached hydrogens (tertiary/aromatic N) is 1. The minimum absolute atomic E-state index is 0.0551. The number of amides is 1. The van der Waals surface area contributed by atoms with Gasteiger partial charge in [-0.3, -0.25) is 4.79 Å². The van der Waals surface area contributed by atoms with Crippen molar-refractivity contribution in [1.82, 2.24) is 9.62 Å². The first-order chi connectivity index (χ1) is 11.0. The molecule has 1 saturated heterocycles. The van der Waals surface area contributed by atoms with Crippen molar-refractivity contribution in [1.29, 1.82) is 0 Å². The molecule has 0 saturated carbocycles. The molecule has 128 valence electrons. The van der Waals surface area contributed by atoms with Gasteiger partial charge in [0.05, 0.1) is 18.1 Å². The molecule has 1 heterocycles. The second kappa shape index (κ2) is 8.39. The van der Waals surface area contributed by atoms with Crippen molar-refractivity contribution in [3.63, 3.8) is 0 Å². The van der Waals surface area contributed by atoms with Crippen molar-refractivity contribution in [3.8, 4) is 0 Å². The molecule has 0 radical (unpaired) electrons. The third-order valence-corrected chi connectivity index (χ3v) is 5.55. The van der Waals surface area contributed by atoms with E-state index in [1.54, 1.807) is 24.3 Å². The third kappa shape index (κ3) is 5.00. The van der Waals surface area contributed by atoms with Crippen LogP contribution in [-0.4, -0.2) is 58.0 Å². The van der Waals surface area contributed by atoms with Crippen LogP contribution in [0.3, 0.4) is 0 Å². The number of hydrogen-bond acceptors (Lipinski definition) is 5. The fourth-order valence-electron chi connectivity index (χ4n) is 2.32. The molecule has 1 aromatic carbocycles. The SMILES string of the molecule is NCCNC(=O)CCc1ccc(S(=O)(=O)N2CCOCC2)cc1. The number of sulfonamides is 1. The Bertz CT molecular complexity index is 610. The lowest BCUT2D eigenvalue weighted by atomic mass is 10.1. The highest BCUT2D eigenvalue weighted by Gasteiger charge is 2.25. The van der Waals surface area contributed by atoms with Gasteiger partial charge in [-0.2, -0.15) is 4.31 Å². The molecule has 0 spiro atoms. The number of ether oxygens (including phenoxy) is 1. The summed E-state index contributed by atoms with van der Waals surface area (Å²) in [6.07, 6.45) is 0.920. The quantitative estimate of drug-likeness (QED) is 0.710. The first kappa shape index (κ1) is 17.9. The zero-order valence-electron chi connectivity index (χ0n) is 13.0. The number of morpholine rings is 1. The molecule has 8 heteroatoms. The summed E-state index contributed by atoms with van der Waals surface area (Å²) in [5, 5.41) is 2.70. The van der Waals surface area contributed by atoms with Gasteiger partial charge in [0.15, 0.2) is 0 Å². The number of nitrogens with one attached hydrogen (secondary N) is 1. The lowest BCUT2D eigenvalue weighted by molar-refractivity contribution is -0.121. The van der Waals surface area contributed by atoms with E-state index < -0.39 is 10.0 Å². The maximum Gasteiger partial charge on any atom is 0.243 e. The summed E-state index contributed by atoms with van der Waals surface area (Å²) in [7, 11) is -3.46. The third-order valence-electron chi connectivity index (χ3n) is 3.64. The molecule has 0 atom stereocenters. The van der Waals surface area contributed by atoms with E-state index in [0.717, 1.165) is 5.56 Å². The standard InChI is InChI=1S/C15H23N3O4S/c16-7-8-17-15(19)6-3-13-1-4-14(5-2-13)23(20,21)18-9-11-22-12-10-18/h1-2,4-5H,3,6-12,16H2,(H,17,19). The molecule has 1 amide bonds. The van der Waals surface area contributed by atoms with Crippen molar-refractivity contribution < 1.29 is 17.9 Å². The topological polar surface area (TPSA) is 102 Å². The molecule has 0 bridgehead atoms. The molecular weight excluding hydrogens is 318 g/mol. The maximum atomic E-state index is 12.5. The monoisotopic (exact) mass is 341 g/mol. The molecular formula is C15H23N3O4S. The number of carbonyl (C=O) groups is 1. The van der Waals surface area contributed by atoms with Crippen LogP contribution >= 0.6 is 0 Å². The second-order valence-corrected chi connectivity index (χ2v) is 7.24. The average molecular weight is 341 g/mol. The smallest absolute Gasteiger partial charge is 0.243 e. The van der Waals surface area contributed by atoms with Crippen molar-refractivity contribution in [3.05, 3.63) is 29.8 Å². The molecule has 23 heavy (non-hydrogen) atoms. The minimum Gasteiger partial charge on any atom is -0.379 e. The van der Waals surface area contributed by atoms with Crippen LogP contribution in [0.5, 0.6) is 0 Å². The fraction of sp³-hybridized carbons (Fsp3) is 0.533. The van der Waals surface area contributed by atoms with Crippen LogP contribution in [0.15, 0.2) is 29.2 Å². The van der Waals surface area contributed by atoms with Crippen LogP contribution in [-0.2, 0) is 26.0 Å². The highest BCUT2D eigenvalue weighted by molar-refractivity contribution is 7.89. The largest absolute Gasteiger partial charge is 0.379 e. The van der Waals surface area contributed by atoms with Gasteiger partial charge in [0.1, 0.15) is 0 Å². The van der Waals surface area contributed by atoms with Gasteiger partial charge >= 0.3 is 0 Å². The molecule has 0 aromatic heterocycles. The first-order valence-corrected chi connectivity index (χ1v) is 9.11. The first-order valence-electron chi connectivity index (χ1n) is 7.67. The van der Waals surface area contributed by atoms with E-state index in [0.29, 0.717) is 52.2 Å². The summed E-state index contributed by atoms with van der Waals surface area (Å²) in [6, 6.07) is 6.70. The van der Waals surface area contributed by atoms with Crippen molar-refractivity contribution in [2.45, 2.75) is 17.7 Å². The number of rotatable bonds is 7. The maximum absolute atomic E-state index is 12.5. The van der Waals surface area contributed by atoms with Gasteiger partial charge in [-0.15, -0.1) is 0 Å². The molecule has 2 rings (SSSR count). The van der Waals surface area contributed by atoms with E-state index in [-0.39, 0.29) is 10.8 Å². The lowest BCUT2D eigenvalue weighted by Gasteiger charge is -2.26. The van der Waals surface area contributed by atoms with Gasteiger partial charge in [-0.05, 0) is 24.1 Å².